The lowest BCUT2D eigenvalue weighted by atomic mass is 10.1. The van der Waals surface area contributed by atoms with Crippen LogP contribution in [0.2, 0.25) is 0 Å². The summed E-state index contributed by atoms with van der Waals surface area (Å²) in [6.45, 7) is 2.25. The number of hydrogen-bond donors (Lipinski definition) is 2. The Morgan fingerprint density at radius 1 is 1.80 bits per heavy atom. The summed E-state index contributed by atoms with van der Waals surface area (Å²) in [6, 6.07) is 0.378. The van der Waals surface area contributed by atoms with Crippen molar-refractivity contribution in [3.63, 3.8) is 0 Å². The Kier molecular flexibility index (Phi) is 2.59. The maximum Gasteiger partial charge on any atom is 0.357 e. The molecule has 2 heterocycles. The molecule has 82 valence electrons. The van der Waals surface area contributed by atoms with Gasteiger partial charge in [0.05, 0.1) is 0 Å². The van der Waals surface area contributed by atoms with E-state index in [2.05, 4.69) is 4.98 Å². The number of carboxylic acids is 1. The number of carbonyl (C=O) groups is 1. The van der Waals surface area contributed by atoms with Crippen LogP contribution in [0.4, 0.5) is 6.01 Å². The SMILES string of the molecule is NCC1CCN(c2nc(C(=O)O)co2)C1. The fourth-order valence-corrected chi connectivity index (χ4v) is 1.71. The number of hydrogen-bond acceptors (Lipinski definition) is 5. The highest BCUT2D eigenvalue weighted by Crippen LogP contribution is 2.22. The summed E-state index contributed by atoms with van der Waals surface area (Å²) < 4.78 is 5.10. The summed E-state index contributed by atoms with van der Waals surface area (Å²) in [4.78, 5) is 16.4. The minimum atomic E-state index is -1.07. The van der Waals surface area contributed by atoms with E-state index in [1.807, 2.05) is 4.90 Å². The van der Waals surface area contributed by atoms with Crippen molar-refractivity contribution in [2.45, 2.75) is 6.42 Å². The zero-order valence-corrected chi connectivity index (χ0v) is 8.22. The normalized spacial score (nSPS) is 20.9. The highest BCUT2D eigenvalue weighted by Gasteiger charge is 2.25. The monoisotopic (exact) mass is 211 g/mol. The van der Waals surface area contributed by atoms with Gasteiger partial charge >= 0.3 is 5.97 Å². The lowest BCUT2D eigenvalue weighted by molar-refractivity contribution is 0.0690. The van der Waals surface area contributed by atoms with Gasteiger partial charge in [0.2, 0.25) is 0 Å². The second kappa shape index (κ2) is 3.90. The molecule has 0 bridgehead atoms. The third-order valence-electron chi connectivity index (χ3n) is 2.60. The number of carboxylic acid groups (broad SMARTS) is 1. The summed E-state index contributed by atoms with van der Waals surface area (Å²) in [7, 11) is 0. The summed E-state index contributed by atoms with van der Waals surface area (Å²) in [5.74, 6) is -0.621. The average Bonchev–Trinajstić information content (AvgIpc) is 2.86. The summed E-state index contributed by atoms with van der Waals surface area (Å²) in [5, 5.41) is 8.68. The van der Waals surface area contributed by atoms with Gasteiger partial charge in [0.15, 0.2) is 5.69 Å². The van der Waals surface area contributed by atoms with Crippen LogP contribution in [0.3, 0.4) is 0 Å². The van der Waals surface area contributed by atoms with Crippen LogP contribution in [-0.4, -0.2) is 35.7 Å². The topological polar surface area (TPSA) is 92.6 Å². The van der Waals surface area contributed by atoms with Crippen molar-refractivity contribution in [2.24, 2.45) is 11.7 Å². The predicted molar refractivity (Wildman–Crippen MR) is 52.8 cm³/mol. The van der Waals surface area contributed by atoms with Crippen LogP contribution in [0, 0.1) is 5.92 Å². The first-order valence-corrected chi connectivity index (χ1v) is 4.84. The molecule has 1 aromatic heterocycles. The van der Waals surface area contributed by atoms with Crippen LogP contribution in [0.15, 0.2) is 10.7 Å². The van der Waals surface area contributed by atoms with Gasteiger partial charge in [-0.2, -0.15) is 4.98 Å². The van der Waals surface area contributed by atoms with Crippen molar-refractivity contribution in [1.82, 2.24) is 4.98 Å². The molecule has 1 aliphatic heterocycles. The number of nitrogens with two attached hydrogens (primary N) is 1. The third kappa shape index (κ3) is 1.94. The maximum absolute atomic E-state index is 10.6. The minimum Gasteiger partial charge on any atom is -0.476 e. The number of anilines is 1. The standard InChI is InChI=1S/C9H13N3O3/c10-3-6-1-2-12(4-6)9-11-7(5-15-9)8(13)14/h5-6H,1-4,10H2,(H,13,14). The fraction of sp³-hybridized carbons (Fsp3) is 0.556. The lowest BCUT2D eigenvalue weighted by Crippen LogP contribution is -2.22. The molecule has 6 heteroatoms. The molecule has 0 saturated carbocycles. The zero-order chi connectivity index (χ0) is 10.8. The molecule has 1 atom stereocenters. The highest BCUT2D eigenvalue weighted by atomic mass is 16.4. The molecular weight excluding hydrogens is 198 g/mol. The Labute approximate surface area is 86.7 Å². The Bertz CT molecular complexity index is 363. The highest BCUT2D eigenvalue weighted by molar-refractivity contribution is 5.85. The van der Waals surface area contributed by atoms with E-state index >= 15 is 0 Å². The molecule has 1 aromatic rings. The Morgan fingerprint density at radius 3 is 3.13 bits per heavy atom. The summed E-state index contributed by atoms with van der Waals surface area (Å²) in [6.07, 6.45) is 2.16. The van der Waals surface area contributed by atoms with E-state index in [4.69, 9.17) is 15.3 Å². The number of aromatic nitrogens is 1. The molecule has 0 radical (unpaired) electrons. The average molecular weight is 211 g/mol. The van der Waals surface area contributed by atoms with Crippen molar-refractivity contribution in [3.8, 4) is 0 Å². The first-order valence-electron chi connectivity index (χ1n) is 4.84. The quantitative estimate of drug-likeness (QED) is 0.739. The van der Waals surface area contributed by atoms with E-state index in [1.165, 1.54) is 0 Å². The van der Waals surface area contributed by atoms with Crippen molar-refractivity contribution in [3.05, 3.63) is 12.0 Å². The molecule has 6 nitrogen and oxygen atoms in total. The number of aromatic carboxylic acids is 1. The van der Waals surface area contributed by atoms with Gasteiger partial charge in [-0.25, -0.2) is 4.79 Å². The van der Waals surface area contributed by atoms with Gasteiger partial charge in [0, 0.05) is 13.1 Å². The van der Waals surface area contributed by atoms with Gasteiger partial charge < -0.3 is 20.2 Å². The van der Waals surface area contributed by atoms with Gasteiger partial charge in [0.1, 0.15) is 6.26 Å². The van der Waals surface area contributed by atoms with E-state index in [1.54, 1.807) is 0 Å². The van der Waals surface area contributed by atoms with E-state index in [9.17, 15) is 4.79 Å². The molecule has 2 rings (SSSR count). The van der Waals surface area contributed by atoms with Crippen molar-refractivity contribution in [2.75, 3.05) is 24.5 Å². The molecule has 0 spiro atoms. The van der Waals surface area contributed by atoms with Crippen LogP contribution in [0.25, 0.3) is 0 Å². The van der Waals surface area contributed by atoms with Gasteiger partial charge in [-0.15, -0.1) is 0 Å². The van der Waals surface area contributed by atoms with Gasteiger partial charge in [0.25, 0.3) is 6.01 Å². The Balaban J connectivity index is 2.07. The first-order chi connectivity index (χ1) is 7.20. The third-order valence-corrected chi connectivity index (χ3v) is 2.60. The largest absolute Gasteiger partial charge is 0.476 e. The molecule has 0 aliphatic carbocycles. The van der Waals surface area contributed by atoms with Gasteiger partial charge in [-0.3, -0.25) is 0 Å². The second-order valence-corrected chi connectivity index (χ2v) is 3.66. The number of rotatable bonds is 3. The zero-order valence-electron chi connectivity index (χ0n) is 8.22. The molecule has 1 unspecified atom stereocenters. The lowest BCUT2D eigenvalue weighted by Gasteiger charge is -2.12. The molecule has 1 saturated heterocycles. The minimum absolute atomic E-state index is 0.0544. The maximum atomic E-state index is 10.6. The smallest absolute Gasteiger partial charge is 0.357 e. The van der Waals surface area contributed by atoms with Gasteiger partial charge in [-0.1, -0.05) is 0 Å². The summed E-state index contributed by atoms with van der Waals surface area (Å²) >= 11 is 0. The van der Waals surface area contributed by atoms with Crippen molar-refractivity contribution < 1.29 is 14.3 Å². The molecule has 1 aliphatic rings. The number of nitrogens with zero attached hydrogens (tertiary/aromatic N) is 2. The predicted octanol–water partition coefficient (Wildman–Crippen LogP) is 0.158. The second-order valence-electron chi connectivity index (χ2n) is 3.66. The first kappa shape index (κ1) is 9.97. The van der Waals surface area contributed by atoms with E-state index in [-0.39, 0.29) is 5.69 Å². The summed E-state index contributed by atoms with van der Waals surface area (Å²) in [5.41, 5.74) is 5.50. The van der Waals surface area contributed by atoms with E-state index in [0.717, 1.165) is 25.8 Å². The van der Waals surface area contributed by atoms with Gasteiger partial charge in [-0.05, 0) is 18.9 Å². The van der Waals surface area contributed by atoms with Crippen molar-refractivity contribution in [1.29, 1.82) is 0 Å². The van der Waals surface area contributed by atoms with E-state index < -0.39 is 5.97 Å². The molecule has 3 N–H and O–H groups in total. The molecule has 0 amide bonds. The molecular formula is C9H13N3O3. The van der Waals surface area contributed by atoms with Crippen LogP contribution >= 0.6 is 0 Å². The molecule has 15 heavy (non-hydrogen) atoms. The number of oxazole rings is 1. The van der Waals surface area contributed by atoms with Crippen LogP contribution in [0.1, 0.15) is 16.9 Å². The van der Waals surface area contributed by atoms with Crippen LogP contribution < -0.4 is 10.6 Å². The van der Waals surface area contributed by atoms with Crippen LogP contribution in [-0.2, 0) is 0 Å². The Hall–Kier alpha value is -1.56. The molecule has 0 aromatic carbocycles. The van der Waals surface area contributed by atoms with E-state index in [0.29, 0.717) is 18.5 Å². The molecule has 1 fully saturated rings. The van der Waals surface area contributed by atoms with Crippen LogP contribution in [0.5, 0.6) is 0 Å². The van der Waals surface area contributed by atoms with Crippen molar-refractivity contribution >= 4 is 12.0 Å². The Morgan fingerprint density at radius 2 is 2.60 bits per heavy atom. The fourth-order valence-electron chi connectivity index (χ4n) is 1.71.